The highest BCUT2D eigenvalue weighted by atomic mass is 16.8. The zero-order valence-corrected chi connectivity index (χ0v) is 24.8. The van der Waals surface area contributed by atoms with E-state index >= 15 is 0 Å². The number of carbonyl (C=O) groups is 2. The number of benzene rings is 1. The maximum Gasteiger partial charge on any atom is 0.339 e. The van der Waals surface area contributed by atoms with Gasteiger partial charge in [0.25, 0.3) is 0 Å². The molecule has 0 bridgehead atoms. The van der Waals surface area contributed by atoms with Crippen LogP contribution in [-0.2, 0) is 28.5 Å². The number of hydrogen-bond donors (Lipinski definition) is 6. The van der Waals surface area contributed by atoms with E-state index in [0.29, 0.717) is 11.1 Å². The van der Waals surface area contributed by atoms with Crippen molar-refractivity contribution in [3.63, 3.8) is 0 Å². The van der Waals surface area contributed by atoms with Crippen LogP contribution in [0.4, 0.5) is 0 Å². The molecule has 0 unspecified atom stereocenters. The van der Waals surface area contributed by atoms with Gasteiger partial charge in [0, 0.05) is 30.4 Å². The first kappa shape index (κ1) is 32.2. The van der Waals surface area contributed by atoms with E-state index in [0.717, 1.165) is 25.7 Å². The van der Waals surface area contributed by atoms with Crippen molar-refractivity contribution in [1.29, 1.82) is 0 Å². The molecule has 0 radical (unpaired) electrons. The minimum Gasteiger partial charge on any atom is -0.456 e. The van der Waals surface area contributed by atoms with Crippen molar-refractivity contribution in [1.82, 2.24) is 5.32 Å². The Bertz CT molecular complexity index is 1280. The Hall–Kier alpha value is -2.72. The van der Waals surface area contributed by atoms with Gasteiger partial charge < -0.3 is 54.5 Å². The van der Waals surface area contributed by atoms with Crippen LogP contribution in [0.3, 0.4) is 0 Å². The SMILES string of the molecule is O=C(NCCO)C1=C[C@H]2OC(C3CC3)(C3CC3)O[C@H]2[C@H](OC(=O)c2ccccc2C=CCO[C@H]2O[C@H](CO)[C@H](O)[C@H](O)[C@H]2O)C1. The van der Waals surface area contributed by atoms with Gasteiger partial charge in [-0.05, 0) is 43.4 Å². The van der Waals surface area contributed by atoms with Crippen LogP contribution in [0.25, 0.3) is 6.08 Å². The summed E-state index contributed by atoms with van der Waals surface area (Å²) >= 11 is 0. The number of amides is 1. The predicted octanol–water partition coefficient (Wildman–Crippen LogP) is -0.219. The Morgan fingerprint density at radius 1 is 1.00 bits per heavy atom. The number of ether oxygens (including phenoxy) is 5. The van der Waals surface area contributed by atoms with Crippen molar-refractivity contribution in [2.24, 2.45) is 11.8 Å². The summed E-state index contributed by atoms with van der Waals surface area (Å²) in [6.45, 7) is -0.749. The van der Waals surface area contributed by atoms with Crippen molar-refractivity contribution in [2.45, 2.75) is 86.9 Å². The molecule has 0 aromatic heterocycles. The summed E-state index contributed by atoms with van der Waals surface area (Å²) in [6.07, 6.45) is 0.306. The summed E-state index contributed by atoms with van der Waals surface area (Å²) in [7, 11) is 0. The van der Waals surface area contributed by atoms with Gasteiger partial charge in [-0.15, -0.1) is 0 Å². The summed E-state index contributed by atoms with van der Waals surface area (Å²) in [4.78, 5) is 26.5. The number of rotatable bonds is 12. The lowest BCUT2D eigenvalue weighted by molar-refractivity contribution is -0.298. The fourth-order valence-corrected chi connectivity index (χ4v) is 6.41. The number of aliphatic hydroxyl groups excluding tert-OH is 5. The van der Waals surface area contributed by atoms with Gasteiger partial charge in [0.05, 0.1) is 25.4 Å². The fraction of sp³-hybridized carbons (Fsp3) is 0.625. The number of esters is 1. The van der Waals surface area contributed by atoms with Crippen molar-refractivity contribution < 1.29 is 58.8 Å². The molecular formula is C32H41NO12. The van der Waals surface area contributed by atoms with Gasteiger partial charge in [0.15, 0.2) is 12.1 Å². The number of hydrogen-bond acceptors (Lipinski definition) is 12. The molecule has 1 aromatic carbocycles. The van der Waals surface area contributed by atoms with Gasteiger partial charge in [-0.3, -0.25) is 4.79 Å². The van der Waals surface area contributed by atoms with Crippen LogP contribution >= 0.6 is 0 Å². The lowest BCUT2D eigenvalue weighted by atomic mass is 9.91. The van der Waals surface area contributed by atoms with Gasteiger partial charge in [-0.1, -0.05) is 30.4 Å². The van der Waals surface area contributed by atoms with Crippen molar-refractivity contribution in [3.8, 4) is 0 Å². The third-order valence-corrected chi connectivity index (χ3v) is 9.04. The highest BCUT2D eigenvalue weighted by molar-refractivity contribution is 5.95. The standard InChI is InChI=1S/C32H41NO12/c34-12-11-33-29(39)18-14-22(28-23(15-18)44-32(45-28,19-7-8-19)20-9-10-20)42-30(40)21-6-2-1-4-17(21)5-3-13-41-31-27(38)26(37)25(36)24(16-35)43-31/h1-6,15,19-20,22-28,31,34-38H,7-14,16H2,(H,33,39)/t22-,23-,24-,25+,26+,27-,28+,31+/m1/s1. The number of aliphatic hydroxyl groups is 5. The minimum atomic E-state index is -1.55. The second kappa shape index (κ2) is 13.6. The van der Waals surface area contributed by atoms with Gasteiger partial charge >= 0.3 is 5.97 Å². The van der Waals surface area contributed by atoms with Gasteiger partial charge in [0.2, 0.25) is 5.91 Å². The highest BCUT2D eigenvalue weighted by Gasteiger charge is 2.64. The van der Waals surface area contributed by atoms with E-state index in [1.165, 1.54) is 0 Å². The summed E-state index contributed by atoms with van der Waals surface area (Å²) in [5, 5.41) is 51.3. The van der Waals surface area contributed by atoms with Crippen LogP contribution in [0, 0.1) is 11.8 Å². The third kappa shape index (κ3) is 6.73. The van der Waals surface area contributed by atoms with Crippen LogP contribution in [0.15, 0.2) is 42.0 Å². The molecule has 8 atom stereocenters. The van der Waals surface area contributed by atoms with E-state index in [2.05, 4.69) is 5.32 Å². The molecule has 1 amide bonds. The smallest absolute Gasteiger partial charge is 0.339 e. The Kier molecular flexibility index (Phi) is 9.71. The molecule has 45 heavy (non-hydrogen) atoms. The number of fused-ring (bicyclic) bond motifs is 1. The van der Waals surface area contributed by atoms with Gasteiger partial charge in [-0.2, -0.15) is 0 Å². The Labute approximate surface area is 260 Å². The zero-order chi connectivity index (χ0) is 31.7. The largest absolute Gasteiger partial charge is 0.456 e. The average molecular weight is 632 g/mol. The average Bonchev–Trinajstić information content (AvgIpc) is 3.99. The minimum absolute atomic E-state index is 0.0782. The molecular weight excluding hydrogens is 590 g/mol. The molecule has 2 aliphatic heterocycles. The molecule has 13 nitrogen and oxygen atoms in total. The summed E-state index contributed by atoms with van der Waals surface area (Å²) in [5.74, 6) is -1.13. The van der Waals surface area contributed by atoms with Crippen molar-refractivity contribution in [3.05, 3.63) is 53.1 Å². The molecule has 13 heteroatoms. The lowest BCUT2D eigenvalue weighted by Crippen LogP contribution is -2.59. The molecule has 2 heterocycles. The summed E-state index contributed by atoms with van der Waals surface area (Å²) < 4.78 is 30.1. The summed E-state index contributed by atoms with van der Waals surface area (Å²) in [6, 6.07) is 6.80. The first-order valence-electron chi connectivity index (χ1n) is 15.6. The van der Waals surface area contributed by atoms with Crippen molar-refractivity contribution in [2.75, 3.05) is 26.4 Å². The molecule has 3 aliphatic carbocycles. The predicted molar refractivity (Wildman–Crippen MR) is 155 cm³/mol. The normalized spacial score (nSPS) is 34.3. The van der Waals surface area contributed by atoms with Gasteiger partial charge in [-0.25, -0.2) is 4.79 Å². The monoisotopic (exact) mass is 631 g/mol. The maximum absolute atomic E-state index is 13.6. The maximum atomic E-state index is 13.6. The second-order valence-corrected chi connectivity index (χ2v) is 12.3. The zero-order valence-electron chi connectivity index (χ0n) is 24.8. The first-order chi connectivity index (χ1) is 21.8. The van der Waals surface area contributed by atoms with E-state index in [1.54, 1.807) is 42.5 Å². The summed E-state index contributed by atoms with van der Waals surface area (Å²) in [5.41, 5.74) is 1.21. The second-order valence-electron chi connectivity index (χ2n) is 12.3. The van der Waals surface area contributed by atoms with Crippen LogP contribution in [0.5, 0.6) is 0 Å². The molecule has 6 N–H and O–H groups in total. The Balaban J connectivity index is 1.14. The van der Waals surface area contributed by atoms with E-state index < -0.39 is 67.4 Å². The molecule has 0 spiro atoms. The molecule has 246 valence electrons. The molecule has 4 fully saturated rings. The van der Waals surface area contributed by atoms with Crippen LogP contribution in [0.2, 0.25) is 0 Å². The molecule has 6 rings (SSSR count). The van der Waals surface area contributed by atoms with Crippen LogP contribution in [-0.4, -0.2) is 119 Å². The van der Waals surface area contributed by atoms with Crippen LogP contribution < -0.4 is 5.32 Å². The van der Waals surface area contributed by atoms with E-state index in [4.69, 9.17) is 23.7 Å². The Morgan fingerprint density at radius 2 is 1.73 bits per heavy atom. The quantitative estimate of drug-likeness (QED) is 0.166. The van der Waals surface area contributed by atoms with Crippen LogP contribution in [0.1, 0.15) is 48.0 Å². The van der Waals surface area contributed by atoms with Gasteiger partial charge in [0.1, 0.15) is 42.7 Å². The highest BCUT2D eigenvalue weighted by Crippen LogP contribution is 2.59. The number of nitrogens with one attached hydrogen (secondary N) is 1. The van der Waals surface area contributed by atoms with Crippen molar-refractivity contribution >= 4 is 18.0 Å². The molecule has 1 aromatic rings. The third-order valence-electron chi connectivity index (χ3n) is 9.04. The molecule has 2 saturated heterocycles. The number of carbonyl (C=O) groups excluding carboxylic acids is 2. The van der Waals surface area contributed by atoms with E-state index in [-0.39, 0.29) is 49.5 Å². The topological polar surface area (TPSA) is 193 Å². The fourth-order valence-electron chi connectivity index (χ4n) is 6.41. The first-order valence-corrected chi connectivity index (χ1v) is 15.6. The lowest BCUT2D eigenvalue weighted by Gasteiger charge is -2.39. The molecule has 5 aliphatic rings. The molecule has 2 saturated carbocycles. The van der Waals surface area contributed by atoms with E-state index in [9.17, 15) is 35.1 Å². The van der Waals surface area contributed by atoms with E-state index in [1.807, 2.05) is 0 Å². The Morgan fingerprint density at radius 3 is 2.42 bits per heavy atom.